The van der Waals surface area contributed by atoms with Crippen LogP contribution in [-0.4, -0.2) is 17.0 Å². The SMILES string of the molecule is CCCC(NC)C1(c2ccc(Cl)cc2)CCC1I.Cl. The van der Waals surface area contributed by atoms with Gasteiger partial charge in [-0.25, -0.2) is 0 Å². The van der Waals surface area contributed by atoms with Crippen LogP contribution >= 0.6 is 46.6 Å². The minimum atomic E-state index is 0. The van der Waals surface area contributed by atoms with Gasteiger partial charge in [-0.1, -0.05) is 59.7 Å². The van der Waals surface area contributed by atoms with Gasteiger partial charge in [-0.3, -0.25) is 0 Å². The van der Waals surface area contributed by atoms with Crippen LogP contribution < -0.4 is 5.32 Å². The third kappa shape index (κ3) is 3.22. The predicted octanol–water partition coefficient (Wildman–Crippen LogP) is 4.99. The van der Waals surface area contributed by atoms with Crippen molar-refractivity contribution in [3.8, 4) is 0 Å². The van der Waals surface area contributed by atoms with Crippen LogP contribution in [0.2, 0.25) is 5.02 Å². The van der Waals surface area contributed by atoms with E-state index in [1.807, 2.05) is 12.1 Å². The smallest absolute Gasteiger partial charge is 0.0406 e. The van der Waals surface area contributed by atoms with Gasteiger partial charge in [-0.05, 0) is 44.0 Å². The summed E-state index contributed by atoms with van der Waals surface area (Å²) in [5.74, 6) is 0. The molecule has 1 aromatic rings. The quantitative estimate of drug-likeness (QED) is 0.529. The van der Waals surface area contributed by atoms with Gasteiger partial charge in [0.25, 0.3) is 0 Å². The largest absolute Gasteiger partial charge is 0.316 e. The summed E-state index contributed by atoms with van der Waals surface area (Å²) in [4.78, 5) is 0. The molecule has 2 rings (SSSR count). The lowest BCUT2D eigenvalue weighted by Gasteiger charge is -2.52. The van der Waals surface area contributed by atoms with Crippen LogP contribution in [-0.2, 0) is 5.41 Å². The maximum atomic E-state index is 6.02. The number of nitrogens with one attached hydrogen (secondary N) is 1. The lowest BCUT2D eigenvalue weighted by atomic mass is 9.59. The van der Waals surface area contributed by atoms with E-state index in [1.165, 1.54) is 31.2 Å². The van der Waals surface area contributed by atoms with Crippen LogP contribution in [0.5, 0.6) is 0 Å². The van der Waals surface area contributed by atoms with Crippen molar-refractivity contribution in [2.24, 2.45) is 0 Å². The molecule has 0 bridgehead atoms. The van der Waals surface area contributed by atoms with Gasteiger partial charge in [0, 0.05) is 20.4 Å². The number of hydrogen-bond acceptors (Lipinski definition) is 1. The molecule has 0 amide bonds. The highest BCUT2D eigenvalue weighted by atomic mass is 127. The number of halogens is 3. The van der Waals surface area contributed by atoms with Crippen LogP contribution in [0.4, 0.5) is 0 Å². The zero-order valence-corrected chi connectivity index (χ0v) is 15.2. The average Bonchev–Trinajstić information content (AvgIpc) is 2.38. The van der Waals surface area contributed by atoms with E-state index in [-0.39, 0.29) is 12.4 Å². The van der Waals surface area contributed by atoms with Crippen molar-refractivity contribution in [3.05, 3.63) is 34.9 Å². The fourth-order valence-corrected chi connectivity index (χ4v) is 4.73. The molecule has 0 heterocycles. The molecule has 1 saturated carbocycles. The Morgan fingerprint density at radius 3 is 2.42 bits per heavy atom. The maximum absolute atomic E-state index is 6.02. The van der Waals surface area contributed by atoms with E-state index in [4.69, 9.17) is 11.6 Å². The zero-order chi connectivity index (χ0) is 13.2. The van der Waals surface area contributed by atoms with Crippen molar-refractivity contribution in [3.63, 3.8) is 0 Å². The molecule has 4 heteroatoms. The van der Waals surface area contributed by atoms with Gasteiger partial charge in [0.2, 0.25) is 0 Å². The van der Waals surface area contributed by atoms with E-state index in [9.17, 15) is 0 Å². The summed E-state index contributed by atoms with van der Waals surface area (Å²) >= 11 is 8.64. The van der Waals surface area contributed by atoms with Gasteiger partial charge in [-0.15, -0.1) is 12.4 Å². The molecular weight excluding hydrogens is 392 g/mol. The molecule has 1 aliphatic rings. The summed E-state index contributed by atoms with van der Waals surface area (Å²) in [5.41, 5.74) is 1.75. The summed E-state index contributed by atoms with van der Waals surface area (Å²) < 4.78 is 0.722. The van der Waals surface area contributed by atoms with E-state index >= 15 is 0 Å². The van der Waals surface area contributed by atoms with E-state index in [2.05, 4.69) is 54.0 Å². The molecule has 0 aliphatic heterocycles. The molecule has 0 spiro atoms. The van der Waals surface area contributed by atoms with Crippen LogP contribution in [0, 0.1) is 0 Å². The average molecular weight is 414 g/mol. The third-order valence-corrected chi connectivity index (χ3v) is 6.29. The van der Waals surface area contributed by atoms with Gasteiger partial charge in [0.05, 0.1) is 0 Å². The first-order valence-corrected chi connectivity index (χ1v) is 8.35. The van der Waals surface area contributed by atoms with E-state index in [0.29, 0.717) is 11.5 Å². The number of benzene rings is 1. The second kappa shape index (κ2) is 7.48. The Bertz CT molecular complexity index is 396. The zero-order valence-electron chi connectivity index (χ0n) is 11.5. The Morgan fingerprint density at radius 1 is 1.42 bits per heavy atom. The van der Waals surface area contributed by atoms with E-state index in [1.54, 1.807) is 0 Å². The van der Waals surface area contributed by atoms with Gasteiger partial charge in [0.1, 0.15) is 0 Å². The summed E-state index contributed by atoms with van der Waals surface area (Å²) in [5, 5.41) is 4.38. The molecular formula is C15H22Cl2IN. The summed E-state index contributed by atoms with van der Waals surface area (Å²) in [6, 6.07) is 9.05. The Kier molecular flexibility index (Phi) is 6.91. The second-order valence-electron chi connectivity index (χ2n) is 5.18. The molecule has 1 N–H and O–H groups in total. The Hall–Kier alpha value is 0.490. The topological polar surface area (TPSA) is 12.0 Å². The Balaban J connectivity index is 0.00000180. The van der Waals surface area contributed by atoms with E-state index in [0.717, 1.165) is 8.95 Å². The van der Waals surface area contributed by atoms with Crippen LogP contribution in [0.1, 0.15) is 38.2 Å². The lowest BCUT2D eigenvalue weighted by molar-refractivity contribution is 0.187. The van der Waals surface area contributed by atoms with E-state index < -0.39 is 0 Å². The monoisotopic (exact) mass is 413 g/mol. The first kappa shape index (κ1) is 17.5. The van der Waals surface area contributed by atoms with Crippen molar-refractivity contribution in [2.75, 3.05) is 7.05 Å². The molecule has 0 radical (unpaired) electrons. The Morgan fingerprint density at radius 2 is 2.05 bits per heavy atom. The molecule has 1 fully saturated rings. The number of alkyl halides is 1. The molecule has 108 valence electrons. The van der Waals surface area contributed by atoms with Gasteiger partial charge in [0.15, 0.2) is 0 Å². The first-order chi connectivity index (χ1) is 8.65. The number of likely N-dealkylation sites (N-methyl/N-ethyl adjacent to an activating group) is 1. The highest BCUT2D eigenvalue weighted by Crippen LogP contribution is 2.51. The predicted molar refractivity (Wildman–Crippen MR) is 95.2 cm³/mol. The van der Waals surface area contributed by atoms with Gasteiger partial charge in [-0.2, -0.15) is 0 Å². The second-order valence-corrected chi connectivity index (χ2v) is 7.12. The van der Waals surface area contributed by atoms with Crippen molar-refractivity contribution < 1.29 is 0 Å². The van der Waals surface area contributed by atoms with Gasteiger partial charge < -0.3 is 5.32 Å². The fraction of sp³-hybridized carbons (Fsp3) is 0.600. The standard InChI is InChI=1S/C15H21ClIN.ClH/c1-3-4-14(18-2)15(10-9-13(15)17)11-5-7-12(16)8-6-11;/h5-8,13-14,18H,3-4,9-10H2,1-2H3;1H. The first-order valence-electron chi connectivity index (χ1n) is 6.72. The van der Waals surface area contributed by atoms with Crippen LogP contribution in [0.15, 0.2) is 24.3 Å². The van der Waals surface area contributed by atoms with Gasteiger partial charge >= 0.3 is 0 Å². The molecule has 0 saturated heterocycles. The highest BCUT2D eigenvalue weighted by Gasteiger charge is 2.51. The normalized spacial score (nSPS) is 27.3. The molecule has 1 aliphatic carbocycles. The lowest BCUT2D eigenvalue weighted by Crippen LogP contribution is -2.58. The molecule has 19 heavy (non-hydrogen) atoms. The summed E-state index contributed by atoms with van der Waals surface area (Å²) in [6.07, 6.45) is 5.07. The minimum absolute atomic E-state index is 0. The highest BCUT2D eigenvalue weighted by molar-refractivity contribution is 14.1. The molecule has 3 atom stereocenters. The van der Waals surface area contributed by atoms with Crippen LogP contribution in [0.3, 0.4) is 0 Å². The molecule has 0 aromatic heterocycles. The summed E-state index contributed by atoms with van der Waals surface area (Å²) in [7, 11) is 2.10. The maximum Gasteiger partial charge on any atom is 0.0406 e. The Labute approximate surface area is 141 Å². The molecule has 1 aromatic carbocycles. The van der Waals surface area contributed by atoms with Crippen molar-refractivity contribution in [2.45, 2.75) is 48.0 Å². The minimum Gasteiger partial charge on any atom is -0.316 e. The third-order valence-electron chi connectivity index (χ3n) is 4.30. The summed E-state index contributed by atoms with van der Waals surface area (Å²) in [6.45, 7) is 2.26. The fourth-order valence-electron chi connectivity index (χ4n) is 3.19. The number of rotatable bonds is 5. The van der Waals surface area contributed by atoms with Crippen molar-refractivity contribution in [1.29, 1.82) is 0 Å². The molecule has 3 unspecified atom stereocenters. The van der Waals surface area contributed by atoms with Crippen molar-refractivity contribution in [1.82, 2.24) is 5.32 Å². The molecule has 1 nitrogen and oxygen atoms in total. The number of hydrogen-bond donors (Lipinski definition) is 1. The van der Waals surface area contributed by atoms with Crippen LogP contribution in [0.25, 0.3) is 0 Å². The van der Waals surface area contributed by atoms with Crippen molar-refractivity contribution >= 4 is 46.6 Å².